The van der Waals surface area contributed by atoms with Crippen molar-refractivity contribution in [3.05, 3.63) is 76.8 Å². The Hall–Kier alpha value is -2.40. The number of hydrazone groups is 1. The second kappa shape index (κ2) is 8.14. The van der Waals surface area contributed by atoms with Crippen molar-refractivity contribution < 1.29 is 9.53 Å². The van der Waals surface area contributed by atoms with Crippen molar-refractivity contribution >= 4 is 28.1 Å². The Labute approximate surface area is 137 Å². The van der Waals surface area contributed by atoms with E-state index >= 15 is 0 Å². The fourth-order valence-electron chi connectivity index (χ4n) is 1.64. The maximum absolute atomic E-state index is 11.9. The lowest BCUT2D eigenvalue weighted by Crippen LogP contribution is -2.17. The van der Waals surface area contributed by atoms with E-state index < -0.39 is 0 Å². The molecule has 1 N–H and O–H groups in total. The average molecular weight is 359 g/mol. The quantitative estimate of drug-likeness (QED) is 0.485. The molecule has 0 heterocycles. The van der Waals surface area contributed by atoms with Crippen molar-refractivity contribution in [3.63, 3.8) is 0 Å². The third kappa shape index (κ3) is 4.86. The summed E-state index contributed by atoms with van der Waals surface area (Å²) in [4.78, 5) is 11.9. The van der Waals surface area contributed by atoms with Crippen LogP contribution in [-0.4, -0.2) is 18.7 Å². The standard InChI is InChI=1S/C17H15BrN2O2/c1-2-11-22-16-9-5-14(6-10-16)17(21)20-19-12-13-3-7-15(18)8-4-13/h2-10,12H,1,11H2,(H,20,21)/b19-12+. The van der Waals surface area contributed by atoms with E-state index in [1.165, 1.54) is 0 Å². The van der Waals surface area contributed by atoms with Crippen LogP contribution in [0.3, 0.4) is 0 Å². The minimum atomic E-state index is -0.274. The molecule has 0 bridgehead atoms. The van der Waals surface area contributed by atoms with Crippen LogP contribution in [0.25, 0.3) is 0 Å². The first-order valence-corrected chi connectivity index (χ1v) is 7.41. The molecule has 0 aliphatic carbocycles. The molecule has 0 saturated heterocycles. The number of ether oxygens (including phenoxy) is 1. The van der Waals surface area contributed by atoms with Crippen LogP contribution in [0.5, 0.6) is 5.75 Å². The summed E-state index contributed by atoms with van der Waals surface area (Å²) in [5.41, 5.74) is 3.90. The number of carbonyl (C=O) groups excluding carboxylic acids is 1. The Bertz CT molecular complexity index is 664. The maximum Gasteiger partial charge on any atom is 0.271 e. The van der Waals surface area contributed by atoms with Crippen molar-refractivity contribution in [1.82, 2.24) is 5.43 Å². The molecule has 0 atom stereocenters. The Balaban J connectivity index is 1.91. The second-order valence-electron chi connectivity index (χ2n) is 4.37. The van der Waals surface area contributed by atoms with Crippen molar-refractivity contribution in [2.45, 2.75) is 0 Å². The molecule has 0 aliphatic heterocycles. The average Bonchev–Trinajstić information content (AvgIpc) is 2.55. The van der Waals surface area contributed by atoms with Crippen LogP contribution in [0.2, 0.25) is 0 Å². The first-order valence-electron chi connectivity index (χ1n) is 6.62. The third-order valence-electron chi connectivity index (χ3n) is 2.73. The number of benzene rings is 2. The van der Waals surface area contributed by atoms with Crippen molar-refractivity contribution in [2.75, 3.05) is 6.61 Å². The summed E-state index contributed by atoms with van der Waals surface area (Å²) in [6.07, 6.45) is 3.25. The lowest BCUT2D eigenvalue weighted by molar-refractivity contribution is 0.0955. The van der Waals surface area contributed by atoms with E-state index in [9.17, 15) is 4.79 Å². The highest BCUT2D eigenvalue weighted by molar-refractivity contribution is 9.10. The van der Waals surface area contributed by atoms with Gasteiger partial charge in [-0.1, -0.05) is 40.7 Å². The number of amides is 1. The SMILES string of the molecule is C=CCOc1ccc(C(=O)N/N=C/c2ccc(Br)cc2)cc1. The minimum Gasteiger partial charge on any atom is -0.490 e. The Kier molecular flexibility index (Phi) is 5.91. The zero-order valence-corrected chi connectivity index (χ0v) is 13.4. The molecule has 2 aromatic carbocycles. The van der Waals surface area contributed by atoms with Crippen LogP contribution in [0, 0.1) is 0 Å². The number of nitrogens with zero attached hydrogens (tertiary/aromatic N) is 1. The molecule has 112 valence electrons. The fraction of sp³-hybridized carbons (Fsp3) is 0.0588. The molecule has 0 unspecified atom stereocenters. The van der Waals surface area contributed by atoms with Crippen molar-refractivity contribution in [3.8, 4) is 5.75 Å². The van der Waals surface area contributed by atoms with Gasteiger partial charge in [0.2, 0.25) is 0 Å². The first kappa shape index (κ1) is 16.0. The van der Waals surface area contributed by atoms with Gasteiger partial charge in [0.1, 0.15) is 12.4 Å². The summed E-state index contributed by atoms with van der Waals surface area (Å²) in [5.74, 6) is 0.415. The van der Waals surface area contributed by atoms with Crippen LogP contribution in [0.4, 0.5) is 0 Å². The van der Waals surface area contributed by atoms with E-state index in [1.807, 2.05) is 24.3 Å². The number of hydrogen-bond acceptors (Lipinski definition) is 3. The van der Waals surface area contributed by atoms with Gasteiger partial charge in [-0.05, 0) is 42.0 Å². The molecule has 0 aromatic heterocycles. The van der Waals surface area contributed by atoms with Crippen LogP contribution in [0.15, 0.2) is 70.8 Å². The molecular formula is C17H15BrN2O2. The zero-order valence-electron chi connectivity index (χ0n) is 11.8. The third-order valence-corrected chi connectivity index (χ3v) is 3.26. The summed E-state index contributed by atoms with van der Waals surface area (Å²) in [5, 5.41) is 3.94. The largest absolute Gasteiger partial charge is 0.490 e. The summed E-state index contributed by atoms with van der Waals surface area (Å²) in [6.45, 7) is 4.01. The predicted molar refractivity (Wildman–Crippen MR) is 91.3 cm³/mol. The van der Waals surface area contributed by atoms with Gasteiger partial charge in [-0.25, -0.2) is 5.43 Å². The molecule has 0 saturated carbocycles. The van der Waals surface area contributed by atoms with Gasteiger partial charge >= 0.3 is 0 Å². The van der Waals surface area contributed by atoms with Gasteiger partial charge in [-0.2, -0.15) is 5.10 Å². The monoisotopic (exact) mass is 358 g/mol. The molecule has 0 spiro atoms. The maximum atomic E-state index is 11.9. The van der Waals surface area contributed by atoms with Gasteiger partial charge in [0.15, 0.2) is 0 Å². The number of nitrogens with one attached hydrogen (secondary N) is 1. The zero-order chi connectivity index (χ0) is 15.8. The van der Waals surface area contributed by atoms with E-state index in [0.717, 1.165) is 10.0 Å². The normalized spacial score (nSPS) is 10.4. The highest BCUT2D eigenvalue weighted by atomic mass is 79.9. The van der Waals surface area contributed by atoms with Crippen molar-refractivity contribution in [2.24, 2.45) is 5.10 Å². The summed E-state index contributed by atoms with van der Waals surface area (Å²) in [7, 11) is 0. The van der Waals surface area contributed by atoms with Crippen molar-refractivity contribution in [1.29, 1.82) is 0 Å². The summed E-state index contributed by atoms with van der Waals surface area (Å²) in [6, 6.07) is 14.4. The van der Waals surface area contributed by atoms with Crippen LogP contribution in [0.1, 0.15) is 15.9 Å². The fourth-order valence-corrected chi connectivity index (χ4v) is 1.90. The number of rotatable bonds is 6. The molecule has 0 radical (unpaired) electrons. The van der Waals surface area contributed by atoms with E-state index in [0.29, 0.717) is 17.9 Å². The van der Waals surface area contributed by atoms with E-state index in [-0.39, 0.29) is 5.91 Å². The van der Waals surface area contributed by atoms with E-state index in [4.69, 9.17) is 4.74 Å². The molecule has 2 aromatic rings. The molecule has 4 nitrogen and oxygen atoms in total. The van der Waals surface area contributed by atoms with Gasteiger partial charge in [-0.15, -0.1) is 0 Å². The molecule has 0 fully saturated rings. The molecule has 1 amide bonds. The Morgan fingerprint density at radius 1 is 1.18 bits per heavy atom. The van der Waals surface area contributed by atoms with Gasteiger partial charge in [0.05, 0.1) is 6.21 Å². The van der Waals surface area contributed by atoms with Gasteiger partial charge < -0.3 is 4.74 Å². The van der Waals surface area contributed by atoms with Crippen LogP contribution in [-0.2, 0) is 0 Å². The summed E-state index contributed by atoms with van der Waals surface area (Å²) >= 11 is 3.36. The molecule has 2 rings (SSSR count). The second-order valence-corrected chi connectivity index (χ2v) is 5.29. The van der Waals surface area contributed by atoms with Gasteiger partial charge in [-0.3, -0.25) is 4.79 Å². The lowest BCUT2D eigenvalue weighted by Gasteiger charge is -2.04. The highest BCUT2D eigenvalue weighted by Crippen LogP contribution is 2.12. The minimum absolute atomic E-state index is 0.274. The number of hydrogen-bond donors (Lipinski definition) is 1. The van der Waals surface area contributed by atoms with Crippen LogP contribution < -0.4 is 10.2 Å². The van der Waals surface area contributed by atoms with E-state index in [2.05, 4.69) is 33.0 Å². The topological polar surface area (TPSA) is 50.7 Å². The first-order chi connectivity index (χ1) is 10.7. The Morgan fingerprint density at radius 2 is 1.86 bits per heavy atom. The van der Waals surface area contributed by atoms with E-state index in [1.54, 1.807) is 36.6 Å². The number of carbonyl (C=O) groups is 1. The predicted octanol–water partition coefficient (Wildman–Crippen LogP) is 3.78. The smallest absolute Gasteiger partial charge is 0.271 e. The molecular weight excluding hydrogens is 344 g/mol. The highest BCUT2D eigenvalue weighted by Gasteiger charge is 2.04. The molecule has 5 heteroatoms. The Morgan fingerprint density at radius 3 is 2.50 bits per heavy atom. The van der Waals surface area contributed by atoms with Gasteiger partial charge in [0, 0.05) is 10.0 Å². The molecule has 22 heavy (non-hydrogen) atoms. The molecule has 0 aliphatic rings. The summed E-state index contributed by atoms with van der Waals surface area (Å²) < 4.78 is 6.35. The number of halogens is 1. The van der Waals surface area contributed by atoms with Crippen LogP contribution >= 0.6 is 15.9 Å². The van der Waals surface area contributed by atoms with Gasteiger partial charge in [0.25, 0.3) is 5.91 Å². The lowest BCUT2D eigenvalue weighted by atomic mass is 10.2.